The average molecular weight is 251 g/mol. The fourth-order valence-corrected chi connectivity index (χ4v) is 2.72. The Hall–Kier alpha value is -0.590. The molecule has 0 bridgehead atoms. The van der Waals surface area contributed by atoms with Gasteiger partial charge in [-0.3, -0.25) is 0 Å². The van der Waals surface area contributed by atoms with Gasteiger partial charge in [0.1, 0.15) is 0 Å². The van der Waals surface area contributed by atoms with Crippen molar-refractivity contribution in [3.8, 4) is 6.07 Å². The maximum Gasteiger partial charge on any atom is 0.0683 e. The molecule has 18 heavy (non-hydrogen) atoms. The van der Waals surface area contributed by atoms with Crippen LogP contribution in [0.5, 0.6) is 0 Å². The largest absolute Gasteiger partial charge is 0.327 e. The van der Waals surface area contributed by atoms with Crippen molar-refractivity contribution in [1.29, 1.82) is 5.26 Å². The Labute approximate surface area is 112 Å². The normalized spacial score (nSPS) is 25.9. The van der Waals surface area contributed by atoms with Gasteiger partial charge in [-0.1, -0.05) is 19.8 Å². The fourth-order valence-electron chi connectivity index (χ4n) is 2.72. The molecule has 0 aromatic heterocycles. The minimum atomic E-state index is -0.157. The lowest BCUT2D eigenvalue weighted by atomic mass is 9.88. The molecular weight excluding hydrogens is 222 g/mol. The number of nitrogens with two attached hydrogens (primary N) is 1. The Morgan fingerprint density at radius 1 is 1.39 bits per heavy atom. The SMILES string of the molecule is CCC1CN(CCCCC(C)(C)C#N)CCC1N. The van der Waals surface area contributed by atoms with E-state index in [0.717, 1.165) is 25.8 Å². The highest BCUT2D eigenvalue weighted by Gasteiger charge is 2.24. The molecule has 1 aliphatic rings. The second-order valence-corrected chi connectivity index (χ2v) is 6.37. The van der Waals surface area contributed by atoms with Gasteiger partial charge in [-0.25, -0.2) is 0 Å². The molecule has 1 fully saturated rings. The lowest BCUT2D eigenvalue weighted by Crippen LogP contribution is -2.47. The molecular formula is C15H29N3. The van der Waals surface area contributed by atoms with E-state index < -0.39 is 0 Å². The second kappa shape index (κ2) is 7.11. The number of nitrogens with zero attached hydrogens (tertiary/aromatic N) is 2. The first-order valence-electron chi connectivity index (χ1n) is 7.37. The molecule has 0 spiro atoms. The molecule has 2 N–H and O–H groups in total. The van der Waals surface area contributed by atoms with E-state index in [1.54, 1.807) is 0 Å². The monoisotopic (exact) mass is 251 g/mol. The molecule has 2 atom stereocenters. The number of nitriles is 1. The first-order chi connectivity index (χ1) is 8.48. The van der Waals surface area contributed by atoms with Crippen LogP contribution >= 0.6 is 0 Å². The fraction of sp³-hybridized carbons (Fsp3) is 0.933. The second-order valence-electron chi connectivity index (χ2n) is 6.37. The molecule has 1 saturated heterocycles. The van der Waals surface area contributed by atoms with Crippen LogP contribution < -0.4 is 5.73 Å². The number of hydrogen-bond donors (Lipinski definition) is 1. The van der Waals surface area contributed by atoms with Crippen LogP contribution in [0.3, 0.4) is 0 Å². The van der Waals surface area contributed by atoms with Gasteiger partial charge in [-0.15, -0.1) is 0 Å². The van der Waals surface area contributed by atoms with E-state index in [2.05, 4.69) is 17.9 Å². The average Bonchev–Trinajstić information content (AvgIpc) is 2.36. The smallest absolute Gasteiger partial charge is 0.0683 e. The number of unbranched alkanes of at least 4 members (excludes halogenated alkanes) is 1. The van der Waals surface area contributed by atoms with Gasteiger partial charge >= 0.3 is 0 Å². The van der Waals surface area contributed by atoms with Gasteiger partial charge in [0.05, 0.1) is 11.5 Å². The number of likely N-dealkylation sites (tertiary alicyclic amines) is 1. The van der Waals surface area contributed by atoms with Crippen molar-refractivity contribution < 1.29 is 0 Å². The molecule has 0 aliphatic carbocycles. The summed E-state index contributed by atoms with van der Waals surface area (Å²) in [6, 6.07) is 2.78. The summed E-state index contributed by atoms with van der Waals surface area (Å²) in [6.45, 7) is 9.78. The van der Waals surface area contributed by atoms with Gasteiger partial charge in [-0.05, 0) is 52.1 Å². The molecule has 1 rings (SSSR count). The van der Waals surface area contributed by atoms with E-state index in [4.69, 9.17) is 11.0 Å². The van der Waals surface area contributed by atoms with Crippen molar-refractivity contribution in [3.63, 3.8) is 0 Å². The standard InChI is InChI=1S/C15H29N3/c1-4-13-11-18(10-7-14(13)17)9-6-5-8-15(2,3)12-16/h13-14H,4-11,17H2,1-3H3. The lowest BCUT2D eigenvalue weighted by molar-refractivity contribution is 0.148. The van der Waals surface area contributed by atoms with Crippen molar-refractivity contribution in [2.75, 3.05) is 19.6 Å². The molecule has 3 heteroatoms. The maximum atomic E-state index is 8.96. The van der Waals surface area contributed by atoms with Crippen molar-refractivity contribution in [3.05, 3.63) is 0 Å². The zero-order chi connectivity index (χ0) is 13.6. The van der Waals surface area contributed by atoms with Crippen molar-refractivity contribution in [2.45, 2.75) is 58.9 Å². The predicted molar refractivity (Wildman–Crippen MR) is 76.1 cm³/mol. The van der Waals surface area contributed by atoms with Crippen molar-refractivity contribution in [1.82, 2.24) is 4.90 Å². The summed E-state index contributed by atoms with van der Waals surface area (Å²) >= 11 is 0. The van der Waals surface area contributed by atoms with Gasteiger partial charge in [-0.2, -0.15) is 5.26 Å². The highest BCUT2D eigenvalue weighted by atomic mass is 15.1. The topological polar surface area (TPSA) is 53.0 Å². The number of hydrogen-bond acceptors (Lipinski definition) is 3. The van der Waals surface area contributed by atoms with E-state index >= 15 is 0 Å². The van der Waals surface area contributed by atoms with Crippen molar-refractivity contribution in [2.24, 2.45) is 17.1 Å². The van der Waals surface area contributed by atoms with Crippen LogP contribution in [0.1, 0.15) is 52.9 Å². The number of piperidine rings is 1. The Kier molecular flexibility index (Phi) is 6.11. The molecule has 0 saturated carbocycles. The third-order valence-electron chi connectivity index (χ3n) is 4.23. The molecule has 2 unspecified atom stereocenters. The Balaban J connectivity index is 2.19. The van der Waals surface area contributed by atoms with E-state index in [1.165, 1.54) is 25.9 Å². The van der Waals surface area contributed by atoms with Crippen LogP contribution in [0.4, 0.5) is 0 Å². The van der Waals surface area contributed by atoms with Gasteiger partial charge in [0.15, 0.2) is 0 Å². The van der Waals surface area contributed by atoms with E-state index in [1.807, 2.05) is 13.8 Å². The summed E-state index contributed by atoms with van der Waals surface area (Å²) in [5, 5.41) is 8.96. The minimum absolute atomic E-state index is 0.157. The zero-order valence-corrected chi connectivity index (χ0v) is 12.3. The molecule has 0 aromatic carbocycles. The lowest BCUT2D eigenvalue weighted by Gasteiger charge is -2.36. The third kappa shape index (κ3) is 4.96. The molecule has 3 nitrogen and oxygen atoms in total. The molecule has 1 heterocycles. The quantitative estimate of drug-likeness (QED) is 0.739. The van der Waals surface area contributed by atoms with Crippen LogP contribution in [0.25, 0.3) is 0 Å². The van der Waals surface area contributed by atoms with Gasteiger partial charge in [0.2, 0.25) is 0 Å². The number of rotatable bonds is 6. The van der Waals surface area contributed by atoms with Crippen LogP contribution in [0.2, 0.25) is 0 Å². The van der Waals surface area contributed by atoms with E-state index in [0.29, 0.717) is 12.0 Å². The van der Waals surface area contributed by atoms with Crippen LogP contribution in [-0.2, 0) is 0 Å². The summed E-state index contributed by atoms with van der Waals surface area (Å²) in [4.78, 5) is 2.55. The highest BCUT2D eigenvalue weighted by molar-refractivity contribution is 4.91. The summed E-state index contributed by atoms with van der Waals surface area (Å²) in [5.41, 5.74) is 5.96. The van der Waals surface area contributed by atoms with E-state index in [-0.39, 0.29) is 5.41 Å². The highest BCUT2D eigenvalue weighted by Crippen LogP contribution is 2.23. The van der Waals surface area contributed by atoms with Gasteiger partial charge in [0, 0.05) is 12.6 Å². The third-order valence-corrected chi connectivity index (χ3v) is 4.23. The van der Waals surface area contributed by atoms with Crippen molar-refractivity contribution >= 4 is 0 Å². The summed E-state index contributed by atoms with van der Waals surface area (Å²) in [6.07, 6.45) is 5.70. The Bertz CT molecular complexity index is 280. The van der Waals surface area contributed by atoms with Crippen LogP contribution in [-0.4, -0.2) is 30.6 Å². The first kappa shape index (κ1) is 15.5. The Morgan fingerprint density at radius 3 is 2.72 bits per heavy atom. The molecule has 104 valence electrons. The maximum absolute atomic E-state index is 8.96. The van der Waals surface area contributed by atoms with Crippen LogP contribution in [0.15, 0.2) is 0 Å². The van der Waals surface area contributed by atoms with Gasteiger partial charge in [0.25, 0.3) is 0 Å². The summed E-state index contributed by atoms with van der Waals surface area (Å²) < 4.78 is 0. The predicted octanol–water partition coefficient (Wildman–Crippen LogP) is 2.77. The summed E-state index contributed by atoms with van der Waals surface area (Å²) in [5.74, 6) is 0.675. The molecule has 0 radical (unpaired) electrons. The molecule has 0 aromatic rings. The van der Waals surface area contributed by atoms with Crippen LogP contribution in [0, 0.1) is 22.7 Å². The molecule has 0 amide bonds. The van der Waals surface area contributed by atoms with Gasteiger partial charge < -0.3 is 10.6 Å². The van der Waals surface area contributed by atoms with E-state index in [9.17, 15) is 0 Å². The minimum Gasteiger partial charge on any atom is -0.327 e. The Morgan fingerprint density at radius 2 is 2.11 bits per heavy atom. The zero-order valence-electron chi connectivity index (χ0n) is 12.3. The first-order valence-corrected chi connectivity index (χ1v) is 7.37. The summed E-state index contributed by atoms with van der Waals surface area (Å²) in [7, 11) is 0. The molecule has 1 aliphatic heterocycles.